The quantitative estimate of drug-likeness (QED) is 0.854. The van der Waals surface area contributed by atoms with E-state index >= 15 is 0 Å². The number of hydrogen-bond acceptors (Lipinski definition) is 2. The maximum Gasteiger partial charge on any atom is 0.251 e. The molecule has 0 bridgehead atoms. The van der Waals surface area contributed by atoms with E-state index in [0.29, 0.717) is 22.1 Å². The Hall–Kier alpha value is -1.91. The second-order valence-electron chi connectivity index (χ2n) is 4.22. The predicted octanol–water partition coefficient (Wildman–Crippen LogP) is 2.90. The van der Waals surface area contributed by atoms with E-state index in [0.717, 1.165) is 11.1 Å². The van der Waals surface area contributed by atoms with Crippen LogP contribution in [0.5, 0.6) is 0 Å². The monoisotopic (exact) mass is 304 g/mol. The van der Waals surface area contributed by atoms with Gasteiger partial charge in [-0.3, -0.25) is 4.79 Å². The average Bonchev–Trinajstić information content (AvgIpc) is 2.46. The molecule has 0 spiro atoms. The molecule has 3 N–H and O–H groups in total. The zero-order chi connectivity index (χ0) is 14.5. The Bertz CT molecular complexity index is 641. The molecule has 0 aliphatic carbocycles. The summed E-state index contributed by atoms with van der Waals surface area (Å²) < 4.78 is 0. The van der Waals surface area contributed by atoms with Crippen LogP contribution < -0.4 is 11.1 Å². The molecule has 2 rings (SSSR count). The van der Waals surface area contributed by atoms with Crippen molar-refractivity contribution in [2.75, 3.05) is 0 Å². The normalized spacial score (nSPS) is 10.1. The number of nitrogens with one attached hydrogen (secondary N) is 1. The Morgan fingerprint density at radius 2 is 1.70 bits per heavy atom. The van der Waals surface area contributed by atoms with E-state index in [1.54, 1.807) is 30.3 Å². The highest BCUT2D eigenvalue weighted by atomic mass is 35.5. The minimum Gasteiger partial charge on any atom is -0.389 e. The molecule has 0 unspecified atom stereocenters. The number of nitrogens with two attached hydrogens (primary N) is 1. The smallest absolute Gasteiger partial charge is 0.251 e. The molecule has 0 aromatic heterocycles. The summed E-state index contributed by atoms with van der Waals surface area (Å²) in [5, 5.41) is 3.45. The maximum absolute atomic E-state index is 12.0. The van der Waals surface area contributed by atoms with Crippen LogP contribution in [0.3, 0.4) is 0 Å². The second kappa shape index (κ2) is 6.50. The molecule has 0 aliphatic heterocycles. The molecule has 102 valence electrons. The average molecular weight is 305 g/mol. The van der Waals surface area contributed by atoms with Crippen molar-refractivity contribution in [1.82, 2.24) is 5.32 Å². The molecule has 0 radical (unpaired) electrons. The van der Waals surface area contributed by atoms with E-state index in [1.165, 1.54) is 0 Å². The van der Waals surface area contributed by atoms with Gasteiger partial charge in [0.15, 0.2) is 0 Å². The molecule has 0 fully saturated rings. The van der Waals surface area contributed by atoms with E-state index in [1.807, 2.05) is 18.2 Å². The van der Waals surface area contributed by atoms with Crippen molar-refractivity contribution in [1.29, 1.82) is 0 Å². The van der Waals surface area contributed by atoms with Crippen LogP contribution in [0.1, 0.15) is 21.5 Å². The van der Waals surface area contributed by atoms with E-state index in [2.05, 4.69) is 5.32 Å². The van der Waals surface area contributed by atoms with Crippen LogP contribution >= 0.6 is 23.8 Å². The summed E-state index contributed by atoms with van der Waals surface area (Å²) in [4.78, 5) is 12.3. The van der Waals surface area contributed by atoms with Crippen molar-refractivity contribution in [3.8, 4) is 0 Å². The number of hydrogen-bond donors (Lipinski definition) is 2. The lowest BCUT2D eigenvalue weighted by Gasteiger charge is -2.07. The van der Waals surface area contributed by atoms with Gasteiger partial charge in [0.2, 0.25) is 0 Å². The van der Waals surface area contributed by atoms with Crippen molar-refractivity contribution < 1.29 is 4.79 Å². The Labute approximate surface area is 127 Å². The number of halogens is 1. The molecule has 2 aromatic rings. The predicted molar refractivity (Wildman–Crippen MR) is 85.0 cm³/mol. The van der Waals surface area contributed by atoms with Gasteiger partial charge in [-0.15, -0.1) is 0 Å². The van der Waals surface area contributed by atoms with Gasteiger partial charge in [-0.25, -0.2) is 0 Å². The van der Waals surface area contributed by atoms with E-state index in [9.17, 15) is 4.79 Å². The van der Waals surface area contributed by atoms with Gasteiger partial charge in [-0.2, -0.15) is 0 Å². The Balaban J connectivity index is 2.02. The first-order valence-electron chi connectivity index (χ1n) is 5.99. The van der Waals surface area contributed by atoms with Crippen LogP contribution in [-0.2, 0) is 6.54 Å². The fraction of sp³-hybridized carbons (Fsp3) is 0.0667. The van der Waals surface area contributed by atoms with Crippen molar-refractivity contribution in [2.45, 2.75) is 6.54 Å². The third-order valence-corrected chi connectivity index (χ3v) is 3.43. The molecule has 0 aliphatic rings. The van der Waals surface area contributed by atoms with Crippen LogP contribution in [0.2, 0.25) is 5.02 Å². The standard InChI is InChI=1S/C15H13ClN2OS/c16-13-4-2-1-3-12(13)9-18-15(19)11-7-5-10(6-8-11)14(17)20/h1-8H,9H2,(H2,17,20)(H,18,19). The van der Waals surface area contributed by atoms with Crippen LogP contribution in [0.15, 0.2) is 48.5 Å². The highest BCUT2D eigenvalue weighted by molar-refractivity contribution is 7.80. The molecular formula is C15H13ClN2OS. The van der Waals surface area contributed by atoms with Crippen LogP contribution in [0.25, 0.3) is 0 Å². The first-order valence-corrected chi connectivity index (χ1v) is 6.78. The molecule has 3 nitrogen and oxygen atoms in total. The first kappa shape index (κ1) is 14.5. The van der Waals surface area contributed by atoms with Gasteiger partial charge >= 0.3 is 0 Å². The summed E-state index contributed by atoms with van der Waals surface area (Å²) in [6, 6.07) is 14.2. The SMILES string of the molecule is NC(=S)c1ccc(C(=O)NCc2ccccc2Cl)cc1. The molecule has 0 atom stereocenters. The highest BCUT2D eigenvalue weighted by Crippen LogP contribution is 2.14. The fourth-order valence-electron chi connectivity index (χ4n) is 1.71. The highest BCUT2D eigenvalue weighted by Gasteiger charge is 2.07. The summed E-state index contributed by atoms with van der Waals surface area (Å²) >= 11 is 10.9. The van der Waals surface area contributed by atoms with Gasteiger partial charge in [-0.05, 0) is 23.8 Å². The zero-order valence-electron chi connectivity index (χ0n) is 10.6. The Morgan fingerprint density at radius 1 is 1.10 bits per heavy atom. The summed E-state index contributed by atoms with van der Waals surface area (Å²) in [5.74, 6) is -0.167. The van der Waals surface area contributed by atoms with Crippen molar-refractivity contribution in [3.63, 3.8) is 0 Å². The minimum absolute atomic E-state index is 0.167. The molecule has 5 heteroatoms. The summed E-state index contributed by atoms with van der Waals surface area (Å²) in [6.45, 7) is 0.384. The third-order valence-electron chi connectivity index (χ3n) is 2.83. The minimum atomic E-state index is -0.167. The molecule has 0 saturated carbocycles. The zero-order valence-corrected chi connectivity index (χ0v) is 12.2. The number of rotatable bonds is 4. The summed E-state index contributed by atoms with van der Waals surface area (Å²) in [7, 11) is 0. The molecule has 20 heavy (non-hydrogen) atoms. The van der Waals surface area contributed by atoms with Gasteiger partial charge in [0.05, 0.1) is 0 Å². The number of thiocarbonyl (C=S) groups is 1. The number of carbonyl (C=O) groups is 1. The van der Waals surface area contributed by atoms with E-state index in [-0.39, 0.29) is 5.91 Å². The Kier molecular flexibility index (Phi) is 4.71. The van der Waals surface area contributed by atoms with Crippen LogP contribution in [0.4, 0.5) is 0 Å². The summed E-state index contributed by atoms with van der Waals surface area (Å²) in [6.07, 6.45) is 0. The molecule has 1 amide bonds. The molecule has 0 saturated heterocycles. The van der Waals surface area contributed by atoms with Crippen molar-refractivity contribution in [2.24, 2.45) is 5.73 Å². The lowest BCUT2D eigenvalue weighted by Crippen LogP contribution is -2.23. The van der Waals surface area contributed by atoms with Crippen LogP contribution in [0, 0.1) is 0 Å². The lowest BCUT2D eigenvalue weighted by atomic mass is 10.1. The molecular weight excluding hydrogens is 292 g/mol. The topological polar surface area (TPSA) is 55.1 Å². The first-order chi connectivity index (χ1) is 9.58. The van der Waals surface area contributed by atoms with Gasteiger partial charge in [0.1, 0.15) is 4.99 Å². The van der Waals surface area contributed by atoms with E-state index in [4.69, 9.17) is 29.6 Å². The third kappa shape index (κ3) is 3.56. The lowest BCUT2D eigenvalue weighted by molar-refractivity contribution is 0.0951. The van der Waals surface area contributed by atoms with Crippen molar-refractivity contribution in [3.05, 3.63) is 70.2 Å². The van der Waals surface area contributed by atoms with Gasteiger partial charge in [0.25, 0.3) is 5.91 Å². The van der Waals surface area contributed by atoms with Crippen LogP contribution in [-0.4, -0.2) is 10.9 Å². The van der Waals surface area contributed by atoms with E-state index < -0.39 is 0 Å². The fourth-order valence-corrected chi connectivity index (χ4v) is 2.04. The van der Waals surface area contributed by atoms with Gasteiger partial charge in [-0.1, -0.05) is 54.2 Å². The number of carbonyl (C=O) groups excluding carboxylic acids is 1. The summed E-state index contributed by atoms with van der Waals surface area (Å²) in [5.41, 5.74) is 7.68. The molecule has 2 aromatic carbocycles. The van der Waals surface area contributed by atoms with Crippen molar-refractivity contribution >= 4 is 34.7 Å². The second-order valence-corrected chi connectivity index (χ2v) is 5.06. The molecule has 0 heterocycles. The number of amides is 1. The van der Waals surface area contributed by atoms with Gasteiger partial charge < -0.3 is 11.1 Å². The van der Waals surface area contributed by atoms with Gasteiger partial charge in [0, 0.05) is 22.7 Å². The Morgan fingerprint density at radius 3 is 2.30 bits per heavy atom. The maximum atomic E-state index is 12.0. The largest absolute Gasteiger partial charge is 0.389 e. The number of benzene rings is 2.